The molecule has 29 heavy (non-hydrogen) atoms. The van der Waals surface area contributed by atoms with Gasteiger partial charge >= 0.3 is 0 Å². The summed E-state index contributed by atoms with van der Waals surface area (Å²) in [7, 11) is 3.35. The topological polar surface area (TPSA) is 54.0 Å². The molecular formula is C21H35Cl2N3O3. The van der Waals surface area contributed by atoms with E-state index in [9.17, 15) is 4.79 Å². The molecule has 6 nitrogen and oxygen atoms in total. The molecule has 1 N–H and O–H groups in total. The van der Waals surface area contributed by atoms with Gasteiger partial charge in [-0.3, -0.25) is 9.69 Å². The van der Waals surface area contributed by atoms with Crippen molar-refractivity contribution < 1.29 is 14.3 Å². The van der Waals surface area contributed by atoms with Gasteiger partial charge in [0.05, 0.1) is 14.2 Å². The van der Waals surface area contributed by atoms with Crippen LogP contribution in [0, 0.1) is 5.92 Å². The molecule has 0 spiro atoms. The van der Waals surface area contributed by atoms with E-state index in [0.717, 1.165) is 69.7 Å². The van der Waals surface area contributed by atoms with Crippen molar-refractivity contribution in [3.63, 3.8) is 0 Å². The molecule has 3 rings (SSSR count). The van der Waals surface area contributed by atoms with Crippen LogP contribution < -0.4 is 14.8 Å². The Morgan fingerprint density at radius 1 is 1.00 bits per heavy atom. The third-order valence-electron chi connectivity index (χ3n) is 5.77. The second kappa shape index (κ2) is 13.2. The van der Waals surface area contributed by atoms with Crippen molar-refractivity contribution in [2.24, 2.45) is 5.92 Å². The first-order valence-corrected chi connectivity index (χ1v) is 10.1. The fourth-order valence-corrected chi connectivity index (χ4v) is 4.03. The number of piperidine rings is 1. The Kier molecular flexibility index (Phi) is 11.7. The molecule has 0 saturated carbocycles. The largest absolute Gasteiger partial charge is 0.497 e. The minimum atomic E-state index is 0. The number of ether oxygens (including phenoxy) is 2. The Hall–Kier alpha value is -1.21. The summed E-state index contributed by atoms with van der Waals surface area (Å²) in [4.78, 5) is 17.0. The molecule has 2 aliphatic heterocycles. The lowest BCUT2D eigenvalue weighted by Crippen LogP contribution is -2.48. The molecule has 0 aliphatic carbocycles. The van der Waals surface area contributed by atoms with Gasteiger partial charge in [0.1, 0.15) is 11.5 Å². The Labute approximate surface area is 187 Å². The van der Waals surface area contributed by atoms with Crippen LogP contribution in [-0.4, -0.2) is 69.2 Å². The predicted molar refractivity (Wildman–Crippen MR) is 121 cm³/mol. The molecule has 166 valence electrons. The van der Waals surface area contributed by atoms with E-state index in [2.05, 4.69) is 22.3 Å². The first-order chi connectivity index (χ1) is 13.2. The molecule has 2 aliphatic rings. The number of carbonyl (C=O) groups excluding carboxylic acids is 1. The Morgan fingerprint density at radius 2 is 1.59 bits per heavy atom. The van der Waals surface area contributed by atoms with E-state index >= 15 is 0 Å². The molecule has 2 saturated heterocycles. The maximum Gasteiger partial charge on any atom is 0.222 e. The van der Waals surface area contributed by atoms with Gasteiger partial charge in [-0.05, 0) is 56.0 Å². The minimum Gasteiger partial charge on any atom is -0.497 e. The first kappa shape index (κ1) is 25.8. The normalized spacial score (nSPS) is 17.8. The van der Waals surface area contributed by atoms with Gasteiger partial charge in [0.2, 0.25) is 5.91 Å². The van der Waals surface area contributed by atoms with Crippen LogP contribution in [0.3, 0.4) is 0 Å². The number of methoxy groups -OCH3 is 2. The number of amides is 1. The Bertz CT molecular complexity index is 597. The van der Waals surface area contributed by atoms with Gasteiger partial charge in [-0.1, -0.05) is 0 Å². The highest BCUT2D eigenvalue weighted by Gasteiger charge is 2.22. The smallest absolute Gasteiger partial charge is 0.222 e. The SMILES string of the molecule is COc1cc(CN2CCN(C(=O)CCC3CCNCC3)CC2)cc(OC)c1.Cl.Cl. The monoisotopic (exact) mass is 447 g/mol. The maximum absolute atomic E-state index is 12.5. The summed E-state index contributed by atoms with van der Waals surface area (Å²) >= 11 is 0. The van der Waals surface area contributed by atoms with E-state index in [1.165, 1.54) is 18.4 Å². The average Bonchev–Trinajstić information content (AvgIpc) is 2.73. The molecule has 0 aromatic heterocycles. The Morgan fingerprint density at radius 3 is 2.14 bits per heavy atom. The number of benzene rings is 1. The minimum absolute atomic E-state index is 0. The molecular weight excluding hydrogens is 413 g/mol. The van der Waals surface area contributed by atoms with Crippen LogP contribution >= 0.6 is 24.8 Å². The zero-order chi connectivity index (χ0) is 19.1. The number of hydrogen-bond acceptors (Lipinski definition) is 5. The third kappa shape index (κ3) is 7.85. The molecule has 0 atom stereocenters. The van der Waals surface area contributed by atoms with Gasteiger partial charge in [-0.2, -0.15) is 0 Å². The van der Waals surface area contributed by atoms with Crippen molar-refractivity contribution in [2.45, 2.75) is 32.2 Å². The van der Waals surface area contributed by atoms with Crippen LogP contribution in [0.25, 0.3) is 0 Å². The van der Waals surface area contributed by atoms with Crippen molar-refractivity contribution in [3.05, 3.63) is 23.8 Å². The Balaban J connectivity index is 0.00000210. The number of nitrogens with zero attached hydrogens (tertiary/aromatic N) is 2. The van der Waals surface area contributed by atoms with E-state index in [4.69, 9.17) is 9.47 Å². The molecule has 2 fully saturated rings. The summed E-state index contributed by atoms with van der Waals surface area (Å²) < 4.78 is 10.7. The predicted octanol–water partition coefficient (Wildman–Crippen LogP) is 2.97. The van der Waals surface area contributed by atoms with Crippen LogP contribution in [-0.2, 0) is 11.3 Å². The summed E-state index contributed by atoms with van der Waals surface area (Å²) in [5.74, 6) is 2.68. The van der Waals surface area contributed by atoms with Gasteiger partial charge in [0.15, 0.2) is 0 Å². The second-order valence-corrected chi connectivity index (χ2v) is 7.61. The number of nitrogens with one attached hydrogen (secondary N) is 1. The first-order valence-electron chi connectivity index (χ1n) is 10.1. The van der Waals surface area contributed by atoms with Crippen molar-refractivity contribution in [3.8, 4) is 11.5 Å². The van der Waals surface area contributed by atoms with E-state index in [-0.39, 0.29) is 24.8 Å². The molecule has 1 aromatic rings. The number of carbonyl (C=O) groups is 1. The van der Waals surface area contributed by atoms with Gasteiger partial charge in [-0.25, -0.2) is 0 Å². The average molecular weight is 448 g/mol. The summed E-state index contributed by atoms with van der Waals surface area (Å²) in [6.07, 6.45) is 4.18. The van der Waals surface area contributed by atoms with E-state index < -0.39 is 0 Å². The highest BCUT2D eigenvalue weighted by atomic mass is 35.5. The quantitative estimate of drug-likeness (QED) is 0.695. The lowest BCUT2D eigenvalue weighted by Gasteiger charge is -2.35. The molecule has 0 bridgehead atoms. The lowest BCUT2D eigenvalue weighted by molar-refractivity contribution is -0.133. The molecule has 1 aromatic carbocycles. The molecule has 8 heteroatoms. The molecule has 0 radical (unpaired) electrons. The van der Waals surface area contributed by atoms with Gasteiger partial charge in [0.25, 0.3) is 0 Å². The van der Waals surface area contributed by atoms with Crippen LogP contribution in [0.5, 0.6) is 11.5 Å². The van der Waals surface area contributed by atoms with Gasteiger partial charge in [0, 0.05) is 45.2 Å². The number of piperazine rings is 1. The van der Waals surface area contributed by atoms with Crippen LogP contribution in [0.2, 0.25) is 0 Å². The number of rotatable bonds is 7. The van der Waals surface area contributed by atoms with E-state index in [1.54, 1.807) is 14.2 Å². The van der Waals surface area contributed by atoms with Gasteiger partial charge in [-0.15, -0.1) is 24.8 Å². The fraction of sp³-hybridized carbons (Fsp3) is 0.667. The molecule has 2 heterocycles. The third-order valence-corrected chi connectivity index (χ3v) is 5.77. The van der Waals surface area contributed by atoms with Crippen LogP contribution in [0.15, 0.2) is 18.2 Å². The van der Waals surface area contributed by atoms with Gasteiger partial charge < -0.3 is 19.7 Å². The van der Waals surface area contributed by atoms with Crippen LogP contribution in [0.1, 0.15) is 31.2 Å². The highest BCUT2D eigenvalue weighted by Crippen LogP contribution is 2.24. The van der Waals surface area contributed by atoms with Crippen molar-refractivity contribution >= 4 is 30.7 Å². The fourth-order valence-electron chi connectivity index (χ4n) is 4.03. The highest BCUT2D eigenvalue weighted by molar-refractivity contribution is 5.85. The number of hydrogen-bond donors (Lipinski definition) is 1. The lowest BCUT2D eigenvalue weighted by atomic mass is 9.93. The summed E-state index contributed by atoms with van der Waals surface area (Å²) in [5, 5.41) is 3.39. The molecule has 1 amide bonds. The second-order valence-electron chi connectivity index (χ2n) is 7.61. The standard InChI is InChI=1S/C21H33N3O3.2ClH/c1-26-19-13-18(14-20(15-19)27-2)16-23-9-11-24(12-10-23)21(25)4-3-17-5-7-22-8-6-17;;/h13-15,17,22H,3-12,16H2,1-2H3;2*1H. The maximum atomic E-state index is 12.5. The van der Waals surface area contributed by atoms with E-state index in [1.807, 2.05) is 11.0 Å². The van der Waals surface area contributed by atoms with E-state index in [0.29, 0.717) is 12.3 Å². The van der Waals surface area contributed by atoms with Crippen LogP contribution in [0.4, 0.5) is 0 Å². The summed E-state index contributed by atoms with van der Waals surface area (Å²) in [6, 6.07) is 6.00. The zero-order valence-corrected chi connectivity index (χ0v) is 19.2. The van der Waals surface area contributed by atoms with Crippen molar-refractivity contribution in [1.82, 2.24) is 15.1 Å². The molecule has 0 unspecified atom stereocenters. The summed E-state index contributed by atoms with van der Waals surface area (Å²) in [5.41, 5.74) is 1.18. The van der Waals surface area contributed by atoms with Crippen molar-refractivity contribution in [2.75, 3.05) is 53.5 Å². The zero-order valence-electron chi connectivity index (χ0n) is 17.5. The number of halogens is 2. The van der Waals surface area contributed by atoms with Crippen molar-refractivity contribution in [1.29, 1.82) is 0 Å². The summed E-state index contributed by atoms with van der Waals surface area (Å²) in [6.45, 7) is 6.54.